The van der Waals surface area contributed by atoms with Gasteiger partial charge in [-0.3, -0.25) is 0 Å². The standard InChI is InChI=1S/C9H9IOS/c1-7-3-5-9(6-4-7)12(11)8(2)10/h3-6H,2H2,1H3. The van der Waals surface area contributed by atoms with Crippen molar-refractivity contribution in [2.75, 3.05) is 0 Å². The first kappa shape index (κ1) is 9.92. The molecule has 0 saturated carbocycles. The van der Waals surface area contributed by atoms with E-state index in [1.165, 1.54) is 5.56 Å². The molecule has 0 heterocycles. The second-order valence-corrected chi connectivity index (χ2v) is 5.97. The van der Waals surface area contributed by atoms with E-state index in [1.54, 1.807) is 0 Å². The zero-order valence-electron chi connectivity index (χ0n) is 6.71. The van der Waals surface area contributed by atoms with E-state index in [9.17, 15) is 4.21 Å². The Morgan fingerprint density at radius 1 is 1.42 bits per heavy atom. The molecule has 0 amide bonds. The van der Waals surface area contributed by atoms with Gasteiger partial charge in [-0.1, -0.05) is 24.3 Å². The maximum atomic E-state index is 11.5. The fraction of sp³-hybridized carbons (Fsp3) is 0.111. The first-order valence-electron chi connectivity index (χ1n) is 3.44. The van der Waals surface area contributed by atoms with E-state index in [1.807, 2.05) is 53.8 Å². The Balaban J connectivity index is 2.98. The molecule has 1 aromatic rings. The van der Waals surface area contributed by atoms with E-state index in [0.717, 1.165) is 4.90 Å². The van der Waals surface area contributed by atoms with Gasteiger partial charge in [0.2, 0.25) is 0 Å². The van der Waals surface area contributed by atoms with Crippen molar-refractivity contribution in [3.63, 3.8) is 0 Å². The molecule has 1 unspecified atom stereocenters. The highest BCUT2D eigenvalue weighted by Gasteiger charge is 2.03. The second-order valence-electron chi connectivity index (χ2n) is 2.44. The third-order valence-corrected chi connectivity index (χ3v) is 3.74. The van der Waals surface area contributed by atoms with Crippen LogP contribution in [0.1, 0.15) is 5.56 Å². The Morgan fingerprint density at radius 3 is 2.33 bits per heavy atom. The molecule has 0 aliphatic rings. The molecule has 12 heavy (non-hydrogen) atoms. The van der Waals surface area contributed by atoms with Gasteiger partial charge in [-0.2, -0.15) is 0 Å². The molecule has 0 aliphatic heterocycles. The predicted molar refractivity (Wildman–Crippen MR) is 60.7 cm³/mol. The molecule has 0 radical (unpaired) electrons. The minimum absolute atomic E-state index is 0.663. The summed E-state index contributed by atoms with van der Waals surface area (Å²) in [6.45, 7) is 5.65. The number of aryl methyl sites for hydroxylation is 1. The molecule has 64 valence electrons. The summed E-state index contributed by atoms with van der Waals surface area (Å²) in [4.78, 5) is 0.819. The summed E-state index contributed by atoms with van der Waals surface area (Å²) >= 11 is 1.99. The first-order chi connectivity index (χ1) is 5.61. The van der Waals surface area contributed by atoms with Gasteiger partial charge >= 0.3 is 0 Å². The van der Waals surface area contributed by atoms with Crippen LogP contribution in [0.15, 0.2) is 38.7 Å². The number of halogens is 1. The summed E-state index contributed by atoms with van der Waals surface area (Å²) in [6.07, 6.45) is 0. The van der Waals surface area contributed by atoms with Crippen LogP contribution in [0.25, 0.3) is 0 Å². The van der Waals surface area contributed by atoms with Crippen LogP contribution in [-0.4, -0.2) is 4.21 Å². The molecule has 1 rings (SSSR count). The van der Waals surface area contributed by atoms with Gasteiger partial charge in [-0.25, -0.2) is 4.21 Å². The molecule has 0 fully saturated rings. The van der Waals surface area contributed by atoms with Crippen molar-refractivity contribution in [1.82, 2.24) is 0 Å². The van der Waals surface area contributed by atoms with E-state index >= 15 is 0 Å². The highest BCUT2D eigenvalue weighted by Crippen LogP contribution is 2.17. The molecule has 0 aromatic heterocycles. The predicted octanol–water partition coefficient (Wildman–Crippen LogP) is 3.01. The van der Waals surface area contributed by atoms with Crippen LogP contribution in [0.2, 0.25) is 0 Å². The molecule has 0 spiro atoms. The highest BCUT2D eigenvalue weighted by molar-refractivity contribution is 14.1. The summed E-state index contributed by atoms with van der Waals surface area (Å²) in [6, 6.07) is 7.64. The van der Waals surface area contributed by atoms with E-state index in [2.05, 4.69) is 6.58 Å². The maximum absolute atomic E-state index is 11.5. The Bertz CT molecular complexity index is 316. The Labute approximate surface area is 88.5 Å². The van der Waals surface area contributed by atoms with Crippen LogP contribution in [0.3, 0.4) is 0 Å². The zero-order valence-corrected chi connectivity index (χ0v) is 9.68. The zero-order chi connectivity index (χ0) is 9.14. The van der Waals surface area contributed by atoms with Crippen molar-refractivity contribution in [2.45, 2.75) is 11.8 Å². The SMILES string of the molecule is C=C(I)S(=O)c1ccc(C)cc1. The van der Waals surface area contributed by atoms with Gasteiger partial charge in [0, 0.05) is 4.90 Å². The van der Waals surface area contributed by atoms with E-state index < -0.39 is 10.8 Å². The van der Waals surface area contributed by atoms with Crippen LogP contribution >= 0.6 is 22.6 Å². The largest absolute Gasteiger partial charge is 0.249 e. The minimum Gasteiger partial charge on any atom is -0.249 e. The molecule has 1 aromatic carbocycles. The van der Waals surface area contributed by atoms with E-state index in [-0.39, 0.29) is 0 Å². The number of benzene rings is 1. The number of hydrogen-bond donors (Lipinski definition) is 0. The third-order valence-electron chi connectivity index (χ3n) is 1.44. The van der Waals surface area contributed by atoms with Crippen molar-refractivity contribution < 1.29 is 4.21 Å². The smallest absolute Gasteiger partial charge is 0.0905 e. The molecule has 1 nitrogen and oxygen atoms in total. The summed E-state index contributed by atoms with van der Waals surface area (Å²) in [7, 11) is -1.05. The highest BCUT2D eigenvalue weighted by atomic mass is 127. The van der Waals surface area contributed by atoms with Gasteiger partial charge < -0.3 is 0 Å². The van der Waals surface area contributed by atoms with Gasteiger partial charge in [0.25, 0.3) is 0 Å². The van der Waals surface area contributed by atoms with Crippen molar-refractivity contribution in [1.29, 1.82) is 0 Å². The van der Waals surface area contributed by atoms with Gasteiger partial charge in [-0.15, -0.1) is 0 Å². The Kier molecular flexibility index (Phi) is 3.46. The number of hydrogen-bond acceptors (Lipinski definition) is 1. The summed E-state index contributed by atoms with van der Waals surface area (Å²) in [5.41, 5.74) is 1.18. The van der Waals surface area contributed by atoms with Crippen molar-refractivity contribution >= 4 is 33.4 Å². The quantitative estimate of drug-likeness (QED) is 0.766. The molecule has 0 N–H and O–H groups in total. The molecule has 3 heteroatoms. The van der Waals surface area contributed by atoms with Crippen LogP contribution in [0.5, 0.6) is 0 Å². The van der Waals surface area contributed by atoms with E-state index in [4.69, 9.17) is 0 Å². The average Bonchev–Trinajstić information content (AvgIpc) is 2.04. The molecular formula is C9H9IOS. The lowest BCUT2D eigenvalue weighted by molar-refractivity contribution is 0.688. The third kappa shape index (κ3) is 2.42. The lowest BCUT2D eigenvalue weighted by Gasteiger charge is -1.99. The van der Waals surface area contributed by atoms with Gasteiger partial charge in [0.1, 0.15) is 0 Å². The van der Waals surface area contributed by atoms with Crippen LogP contribution in [0.4, 0.5) is 0 Å². The van der Waals surface area contributed by atoms with Gasteiger partial charge in [0.05, 0.1) is 13.7 Å². The van der Waals surface area contributed by atoms with E-state index in [0.29, 0.717) is 2.91 Å². The lowest BCUT2D eigenvalue weighted by atomic mass is 10.2. The normalized spacial score (nSPS) is 12.5. The van der Waals surface area contributed by atoms with Crippen LogP contribution < -0.4 is 0 Å². The monoisotopic (exact) mass is 292 g/mol. The second kappa shape index (κ2) is 4.18. The molecule has 0 bridgehead atoms. The van der Waals surface area contributed by atoms with Gasteiger partial charge in [-0.05, 0) is 41.6 Å². The van der Waals surface area contributed by atoms with Crippen molar-refractivity contribution in [3.8, 4) is 0 Å². The van der Waals surface area contributed by atoms with Gasteiger partial charge in [0.15, 0.2) is 0 Å². The molecule has 0 aliphatic carbocycles. The van der Waals surface area contributed by atoms with Crippen LogP contribution in [0, 0.1) is 6.92 Å². The van der Waals surface area contributed by atoms with Crippen molar-refractivity contribution in [2.24, 2.45) is 0 Å². The molecular weight excluding hydrogens is 283 g/mol. The van der Waals surface area contributed by atoms with Crippen LogP contribution in [-0.2, 0) is 10.8 Å². The topological polar surface area (TPSA) is 17.1 Å². The number of rotatable bonds is 2. The summed E-state index contributed by atoms with van der Waals surface area (Å²) in [5.74, 6) is 0. The average molecular weight is 292 g/mol. The van der Waals surface area contributed by atoms with Crippen molar-refractivity contribution in [3.05, 3.63) is 39.3 Å². The molecule has 1 atom stereocenters. The lowest BCUT2D eigenvalue weighted by Crippen LogP contribution is -1.88. The Hall–Kier alpha value is -0.160. The fourth-order valence-electron chi connectivity index (χ4n) is 0.790. The summed E-state index contributed by atoms with van der Waals surface area (Å²) in [5, 5.41) is 0. The fourth-order valence-corrected chi connectivity index (χ4v) is 2.19. The maximum Gasteiger partial charge on any atom is 0.0905 e. The molecule has 0 saturated heterocycles. The Morgan fingerprint density at radius 2 is 1.92 bits per heavy atom. The first-order valence-corrected chi connectivity index (χ1v) is 5.67. The minimum atomic E-state index is -1.05. The summed E-state index contributed by atoms with van der Waals surface area (Å²) < 4.78 is 12.1.